The zero-order valence-electron chi connectivity index (χ0n) is 10.4. The summed E-state index contributed by atoms with van der Waals surface area (Å²) in [4.78, 5) is 5.45. The first-order chi connectivity index (χ1) is 8.70. The first-order valence-corrected chi connectivity index (χ1v) is 7.01. The molecule has 0 saturated carbocycles. The Morgan fingerprint density at radius 3 is 2.89 bits per heavy atom. The number of nitrogens with zero attached hydrogens (tertiary/aromatic N) is 1. The van der Waals surface area contributed by atoms with E-state index in [1.165, 1.54) is 4.88 Å². The predicted octanol–water partition coefficient (Wildman–Crippen LogP) is 4.12. The van der Waals surface area contributed by atoms with Crippen LogP contribution in [0.4, 0.5) is 5.69 Å². The van der Waals surface area contributed by atoms with Gasteiger partial charge in [0.15, 0.2) is 0 Å². The van der Waals surface area contributed by atoms with Crippen LogP contribution < -0.4 is 10.1 Å². The summed E-state index contributed by atoms with van der Waals surface area (Å²) in [6.45, 7) is 5.33. The third kappa shape index (κ3) is 3.15. The van der Waals surface area contributed by atoms with Crippen LogP contribution in [-0.2, 0) is 6.54 Å². The zero-order chi connectivity index (χ0) is 13.0. The fraction of sp³-hybridized carbons (Fsp3) is 0.308. The molecule has 0 spiro atoms. The molecule has 0 bridgehead atoms. The molecule has 1 aromatic carbocycles. The first-order valence-electron chi connectivity index (χ1n) is 5.76. The van der Waals surface area contributed by atoms with Crippen LogP contribution in [0.2, 0.25) is 5.02 Å². The van der Waals surface area contributed by atoms with Gasteiger partial charge in [-0.3, -0.25) is 0 Å². The van der Waals surface area contributed by atoms with Crippen LogP contribution >= 0.6 is 22.9 Å². The standard InChI is InChI=1S/C13H15ClN2OS/c1-3-17-12-5-4-10(6-11(12)14)15-7-13-9(2)16-8-18-13/h4-6,8,15H,3,7H2,1-2H3. The molecular formula is C13H15ClN2OS. The number of rotatable bonds is 5. The maximum Gasteiger partial charge on any atom is 0.138 e. The summed E-state index contributed by atoms with van der Waals surface area (Å²) in [5.74, 6) is 0.721. The zero-order valence-corrected chi connectivity index (χ0v) is 11.9. The molecule has 0 atom stereocenters. The maximum absolute atomic E-state index is 6.13. The van der Waals surface area contributed by atoms with E-state index in [0.29, 0.717) is 11.6 Å². The van der Waals surface area contributed by atoms with E-state index in [9.17, 15) is 0 Å². The smallest absolute Gasteiger partial charge is 0.138 e. The third-order valence-corrected chi connectivity index (χ3v) is 3.76. The number of ether oxygens (including phenoxy) is 1. The predicted molar refractivity (Wildman–Crippen MR) is 76.8 cm³/mol. The monoisotopic (exact) mass is 282 g/mol. The Bertz CT molecular complexity index is 527. The molecular weight excluding hydrogens is 268 g/mol. The van der Waals surface area contributed by atoms with Crippen LogP contribution in [0, 0.1) is 6.92 Å². The molecule has 0 fully saturated rings. The van der Waals surface area contributed by atoms with Crippen LogP contribution in [-0.4, -0.2) is 11.6 Å². The van der Waals surface area contributed by atoms with Gasteiger partial charge in [0.1, 0.15) is 5.75 Å². The van der Waals surface area contributed by atoms with Crippen LogP contribution in [0.1, 0.15) is 17.5 Å². The highest BCUT2D eigenvalue weighted by Gasteiger charge is 2.04. The SMILES string of the molecule is CCOc1ccc(NCc2scnc2C)cc1Cl. The van der Waals surface area contributed by atoms with Gasteiger partial charge >= 0.3 is 0 Å². The lowest BCUT2D eigenvalue weighted by atomic mass is 10.3. The van der Waals surface area contributed by atoms with Gasteiger partial charge in [-0.25, -0.2) is 4.98 Å². The second kappa shape index (κ2) is 6.07. The fourth-order valence-electron chi connectivity index (χ4n) is 1.56. The van der Waals surface area contributed by atoms with Crippen molar-refractivity contribution in [2.24, 2.45) is 0 Å². The summed E-state index contributed by atoms with van der Waals surface area (Å²) >= 11 is 7.78. The van der Waals surface area contributed by atoms with Gasteiger partial charge in [0.05, 0.1) is 29.4 Å². The molecule has 1 N–H and O–H groups in total. The summed E-state index contributed by atoms with van der Waals surface area (Å²) < 4.78 is 5.39. The van der Waals surface area contributed by atoms with Gasteiger partial charge < -0.3 is 10.1 Å². The second-order valence-electron chi connectivity index (χ2n) is 3.79. The number of halogens is 1. The molecule has 1 aromatic heterocycles. The lowest BCUT2D eigenvalue weighted by Crippen LogP contribution is -1.99. The number of thiazole rings is 1. The molecule has 0 amide bonds. The van der Waals surface area contributed by atoms with Gasteiger partial charge in [0, 0.05) is 10.6 Å². The van der Waals surface area contributed by atoms with Crippen molar-refractivity contribution in [2.75, 3.05) is 11.9 Å². The van der Waals surface area contributed by atoms with Crippen molar-refractivity contribution in [3.63, 3.8) is 0 Å². The molecule has 0 aliphatic carbocycles. The van der Waals surface area contributed by atoms with Gasteiger partial charge in [-0.15, -0.1) is 11.3 Å². The normalized spacial score (nSPS) is 10.4. The van der Waals surface area contributed by atoms with Gasteiger partial charge in [0.25, 0.3) is 0 Å². The van der Waals surface area contributed by atoms with Crippen molar-refractivity contribution in [1.82, 2.24) is 4.98 Å². The fourth-order valence-corrected chi connectivity index (χ4v) is 2.51. The van der Waals surface area contributed by atoms with Crippen LogP contribution in [0.25, 0.3) is 0 Å². The topological polar surface area (TPSA) is 34.1 Å². The van der Waals surface area contributed by atoms with Crippen molar-refractivity contribution >= 4 is 28.6 Å². The summed E-state index contributed by atoms with van der Waals surface area (Å²) in [5, 5.41) is 3.96. The Balaban J connectivity index is 2.02. The molecule has 18 heavy (non-hydrogen) atoms. The van der Waals surface area contributed by atoms with E-state index in [1.807, 2.05) is 37.6 Å². The average Bonchev–Trinajstić information content (AvgIpc) is 2.76. The number of benzene rings is 1. The van der Waals surface area contributed by atoms with E-state index < -0.39 is 0 Å². The Kier molecular flexibility index (Phi) is 4.44. The summed E-state index contributed by atoms with van der Waals surface area (Å²) in [7, 11) is 0. The Labute approximate surface area is 116 Å². The maximum atomic E-state index is 6.13. The molecule has 2 aromatic rings. The van der Waals surface area contributed by atoms with E-state index in [0.717, 1.165) is 23.7 Å². The molecule has 1 heterocycles. The molecule has 0 radical (unpaired) electrons. The van der Waals surface area contributed by atoms with Crippen LogP contribution in [0.15, 0.2) is 23.7 Å². The highest BCUT2D eigenvalue weighted by Crippen LogP contribution is 2.28. The van der Waals surface area contributed by atoms with Gasteiger partial charge in [-0.2, -0.15) is 0 Å². The Morgan fingerprint density at radius 1 is 1.44 bits per heavy atom. The molecule has 3 nitrogen and oxygen atoms in total. The number of nitrogens with one attached hydrogen (secondary N) is 1. The van der Waals surface area contributed by atoms with Gasteiger partial charge in [-0.1, -0.05) is 11.6 Å². The highest BCUT2D eigenvalue weighted by atomic mass is 35.5. The van der Waals surface area contributed by atoms with E-state index >= 15 is 0 Å². The number of aryl methyl sites for hydroxylation is 1. The van der Waals surface area contributed by atoms with E-state index in [4.69, 9.17) is 16.3 Å². The molecule has 0 aliphatic rings. The number of hydrogen-bond donors (Lipinski definition) is 1. The van der Waals surface area contributed by atoms with Gasteiger partial charge in [-0.05, 0) is 32.0 Å². The summed E-state index contributed by atoms with van der Waals surface area (Å²) in [6, 6.07) is 5.73. The van der Waals surface area contributed by atoms with E-state index in [-0.39, 0.29) is 0 Å². The quantitative estimate of drug-likeness (QED) is 0.896. The minimum absolute atomic E-state index is 0.618. The Hall–Kier alpha value is -1.26. The number of aromatic nitrogens is 1. The number of anilines is 1. The van der Waals surface area contributed by atoms with Crippen molar-refractivity contribution in [2.45, 2.75) is 20.4 Å². The van der Waals surface area contributed by atoms with Crippen molar-refractivity contribution < 1.29 is 4.74 Å². The van der Waals surface area contributed by atoms with Crippen molar-refractivity contribution in [3.05, 3.63) is 39.3 Å². The molecule has 0 aliphatic heterocycles. The van der Waals surface area contributed by atoms with Crippen molar-refractivity contribution in [1.29, 1.82) is 0 Å². The molecule has 2 rings (SSSR count). The van der Waals surface area contributed by atoms with Crippen molar-refractivity contribution in [3.8, 4) is 5.75 Å². The van der Waals surface area contributed by atoms with Crippen LogP contribution in [0.3, 0.4) is 0 Å². The van der Waals surface area contributed by atoms with E-state index in [1.54, 1.807) is 11.3 Å². The molecule has 96 valence electrons. The summed E-state index contributed by atoms with van der Waals surface area (Å²) in [6.07, 6.45) is 0. The third-order valence-electron chi connectivity index (χ3n) is 2.53. The minimum atomic E-state index is 0.618. The lowest BCUT2D eigenvalue weighted by molar-refractivity contribution is 0.340. The lowest BCUT2D eigenvalue weighted by Gasteiger charge is -2.09. The Morgan fingerprint density at radius 2 is 2.28 bits per heavy atom. The second-order valence-corrected chi connectivity index (χ2v) is 5.14. The summed E-state index contributed by atoms with van der Waals surface area (Å²) in [5.41, 5.74) is 3.91. The highest BCUT2D eigenvalue weighted by molar-refractivity contribution is 7.09. The number of hydrogen-bond acceptors (Lipinski definition) is 4. The largest absolute Gasteiger partial charge is 0.492 e. The molecule has 0 unspecified atom stereocenters. The average molecular weight is 283 g/mol. The molecule has 0 saturated heterocycles. The van der Waals surface area contributed by atoms with Crippen LogP contribution in [0.5, 0.6) is 5.75 Å². The van der Waals surface area contributed by atoms with E-state index in [2.05, 4.69) is 10.3 Å². The van der Waals surface area contributed by atoms with Gasteiger partial charge in [0.2, 0.25) is 0 Å². The molecule has 5 heteroatoms. The first kappa shape index (κ1) is 13.2. The minimum Gasteiger partial charge on any atom is -0.492 e.